The van der Waals surface area contributed by atoms with Crippen molar-refractivity contribution in [2.24, 2.45) is 0 Å². The molecule has 20 heavy (non-hydrogen) atoms. The Kier molecular flexibility index (Phi) is 4.68. The highest BCUT2D eigenvalue weighted by Crippen LogP contribution is 2.31. The van der Waals surface area contributed by atoms with Gasteiger partial charge in [0, 0.05) is 37.1 Å². The Morgan fingerprint density at radius 3 is 2.40 bits per heavy atom. The molecule has 1 N–H and O–H groups in total. The largest absolute Gasteiger partial charge is 0.345 e. The van der Waals surface area contributed by atoms with Gasteiger partial charge in [-0.3, -0.25) is 0 Å². The number of hydrogen-bond acceptors (Lipinski definition) is 6. The van der Waals surface area contributed by atoms with Crippen molar-refractivity contribution in [3.63, 3.8) is 0 Å². The molecule has 0 aromatic carbocycles. The van der Waals surface area contributed by atoms with E-state index >= 15 is 0 Å². The maximum atomic E-state index is 11.5. The molecule has 0 aliphatic carbocycles. The molecule has 0 amide bonds. The number of piperazine rings is 1. The maximum absolute atomic E-state index is 11.5. The summed E-state index contributed by atoms with van der Waals surface area (Å²) in [5, 5.41) is 4.22. The van der Waals surface area contributed by atoms with Crippen LogP contribution in [0, 0.1) is 6.92 Å². The van der Waals surface area contributed by atoms with Gasteiger partial charge in [0.25, 0.3) is 0 Å². The number of thiazole rings is 1. The smallest absolute Gasteiger partial charge is 0.211 e. The molecule has 114 valence electrons. The van der Waals surface area contributed by atoms with Crippen molar-refractivity contribution >= 4 is 26.5 Å². The molecule has 1 unspecified atom stereocenters. The van der Waals surface area contributed by atoms with Crippen molar-refractivity contribution in [1.82, 2.24) is 14.6 Å². The summed E-state index contributed by atoms with van der Waals surface area (Å²) in [6.45, 7) is 6.62. The topological polar surface area (TPSA) is 65.5 Å². The standard InChI is InChI=1S/C12H22N4O2S2/c1-9(13-3)11-10(2)14-12(19-11)15-5-7-16(8-6-15)20(4,17)18/h9,13H,5-8H2,1-4H3. The van der Waals surface area contributed by atoms with Crippen LogP contribution in [-0.2, 0) is 10.0 Å². The first-order valence-corrected chi connectivity index (χ1v) is 9.34. The summed E-state index contributed by atoms with van der Waals surface area (Å²) in [7, 11) is -1.13. The third-order valence-corrected chi connectivity index (χ3v) is 6.33. The van der Waals surface area contributed by atoms with Gasteiger partial charge in [-0.15, -0.1) is 11.3 Å². The molecule has 1 aromatic heterocycles. The highest BCUT2D eigenvalue weighted by molar-refractivity contribution is 7.88. The molecule has 0 radical (unpaired) electrons. The van der Waals surface area contributed by atoms with Crippen molar-refractivity contribution in [2.75, 3.05) is 44.4 Å². The van der Waals surface area contributed by atoms with Crippen LogP contribution < -0.4 is 10.2 Å². The van der Waals surface area contributed by atoms with E-state index in [4.69, 9.17) is 0 Å². The van der Waals surface area contributed by atoms with Gasteiger partial charge in [0.15, 0.2) is 5.13 Å². The normalized spacial score (nSPS) is 19.3. The fourth-order valence-electron chi connectivity index (χ4n) is 2.27. The van der Waals surface area contributed by atoms with Gasteiger partial charge in [0.2, 0.25) is 10.0 Å². The second-order valence-corrected chi connectivity index (χ2v) is 8.10. The lowest BCUT2D eigenvalue weighted by molar-refractivity contribution is 0.388. The summed E-state index contributed by atoms with van der Waals surface area (Å²) in [6, 6.07) is 0.290. The molecule has 1 aliphatic rings. The first kappa shape index (κ1) is 15.7. The van der Waals surface area contributed by atoms with E-state index in [-0.39, 0.29) is 0 Å². The number of rotatable bonds is 4. The third-order valence-electron chi connectivity index (χ3n) is 3.63. The zero-order valence-corrected chi connectivity index (χ0v) is 14.0. The number of anilines is 1. The summed E-state index contributed by atoms with van der Waals surface area (Å²) in [5.41, 5.74) is 1.05. The Morgan fingerprint density at radius 1 is 1.30 bits per heavy atom. The Balaban J connectivity index is 2.08. The van der Waals surface area contributed by atoms with E-state index in [9.17, 15) is 8.42 Å². The predicted octanol–water partition coefficient (Wildman–Crippen LogP) is 0.814. The van der Waals surface area contributed by atoms with E-state index in [0.29, 0.717) is 32.2 Å². The van der Waals surface area contributed by atoms with E-state index < -0.39 is 10.0 Å². The van der Waals surface area contributed by atoms with E-state index in [1.54, 1.807) is 11.3 Å². The van der Waals surface area contributed by atoms with E-state index in [2.05, 4.69) is 22.1 Å². The molecule has 1 aromatic rings. The van der Waals surface area contributed by atoms with Gasteiger partial charge in [0.1, 0.15) is 0 Å². The molecule has 1 atom stereocenters. The summed E-state index contributed by atoms with van der Waals surface area (Å²) in [6.07, 6.45) is 1.27. The quantitative estimate of drug-likeness (QED) is 0.890. The van der Waals surface area contributed by atoms with Crippen molar-refractivity contribution in [3.05, 3.63) is 10.6 Å². The zero-order valence-electron chi connectivity index (χ0n) is 12.4. The molecular formula is C12H22N4O2S2. The Labute approximate surface area is 124 Å². The summed E-state index contributed by atoms with van der Waals surface area (Å²) in [5.74, 6) is 0. The van der Waals surface area contributed by atoms with Crippen LogP contribution in [0.5, 0.6) is 0 Å². The molecule has 0 bridgehead atoms. The van der Waals surface area contributed by atoms with Crippen LogP contribution in [0.2, 0.25) is 0 Å². The van der Waals surface area contributed by atoms with Crippen LogP contribution >= 0.6 is 11.3 Å². The SMILES string of the molecule is CNC(C)c1sc(N2CCN(S(C)(=O)=O)CC2)nc1C. The highest BCUT2D eigenvalue weighted by atomic mass is 32.2. The Bertz CT molecular complexity index is 562. The molecule has 1 saturated heterocycles. The van der Waals surface area contributed by atoms with Crippen LogP contribution in [0.4, 0.5) is 5.13 Å². The van der Waals surface area contributed by atoms with Crippen LogP contribution in [0.15, 0.2) is 0 Å². The summed E-state index contributed by atoms with van der Waals surface area (Å²) >= 11 is 1.69. The highest BCUT2D eigenvalue weighted by Gasteiger charge is 2.25. The number of aromatic nitrogens is 1. The third kappa shape index (κ3) is 3.30. The average molecular weight is 318 g/mol. The fraction of sp³-hybridized carbons (Fsp3) is 0.750. The number of nitrogens with one attached hydrogen (secondary N) is 1. The van der Waals surface area contributed by atoms with Crippen molar-refractivity contribution in [2.45, 2.75) is 19.9 Å². The predicted molar refractivity (Wildman–Crippen MR) is 83.0 cm³/mol. The van der Waals surface area contributed by atoms with Crippen LogP contribution in [0.1, 0.15) is 23.5 Å². The molecule has 0 spiro atoms. The van der Waals surface area contributed by atoms with Crippen LogP contribution in [0.3, 0.4) is 0 Å². The van der Waals surface area contributed by atoms with E-state index in [0.717, 1.165) is 10.8 Å². The summed E-state index contributed by atoms with van der Waals surface area (Å²) in [4.78, 5) is 8.04. The van der Waals surface area contributed by atoms with Gasteiger partial charge in [-0.1, -0.05) is 0 Å². The molecule has 8 heteroatoms. The Morgan fingerprint density at radius 2 is 1.90 bits per heavy atom. The lowest BCUT2D eigenvalue weighted by atomic mass is 10.2. The minimum absolute atomic E-state index is 0.290. The van der Waals surface area contributed by atoms with Crippen LogP contribution in [-0.4, -0.2) is 57.2 Å². The number of sulfonamides is 1. The van der Waals surface area contributed by atoms with Gasteiger partial charge in [-0.25, -0.2) is 13.4 Å². The average Bonchev–Trinajstić information content (AvgIpc) is 2.79. The zero-order chi connectivity index (χ0) is 14.9. The molecule has 1 aliphatic heterocycles. The maximum Gasteiger partial charge on any atom is 0.211 e. The lowest BCUT2D eigenvalue weighted by Gasteiger charge is -2.33. The number of hydrogen-bond donors (Lipinski definition) is 1. The molecule has 2 rings (SSSR count). The Hall–Kier alpha value is -0.700. The van der Waals surface area contributed by atoms with Crippen molar-refractivity contribution in [1.29, 1.82) is 0 Å². The molecule has 6 nitrogen and oxygen atoms in total. The second-order valence-electron chi connectivity index (χ2n) is 5.11. The minimum Gasteiger partial charge on any atom is -0.345 e. The summed E-state index contributed by atoms with van der Waals surface area (Å²) < 4.78 is 24.5. The molecule has 1 fully saturated rings. The van der Waals surface area contributed by atoms with E-state index in [1.165, 1.54) is 15.4 Å². The van der Waals surface area contributed by atoms with Gasteiger partial charge in [-0.2, -0.15) is 4.31 Å². The van der Waals surface area contributed by atoms with Gasteiger partial charge < -0.3 is 10.2 Å². The van der Waals surface area contributed by atoms with Crippen molar-refractivity contribution in [3.8, 4) is 0 Å². The fourth-order valence-corrected chi connectivity index (χ4v) is 4.28. The molecule has 0 saturated carbocycles. The second kappa shape index (κ2) is 5.97. The van der Waals surface area contributed by atoms with Gasteiger partial charge in [-0.05, 0) is 20.9 Å². The first-order chi connectivity index (χ1) is 9.32. The van der Waals surface area contributed by atoms with Gasteiger partial charge >= 0.3 is 0 Å². The van der Waals surface area contributed by atoms with Crippen LogP contribution in [0.25, 0.3) is 0 Å². The minimum atomic E-state index is -3.07. The molecule has 2 heterocycles. The number of aryl methyl sites for hydroxylation is 1. The van der Waals surface area contributed by atoms with Gasteiger partial charge in [0.05, 0.1) is 11.9 Å². The van der Waals surface area contributed by atoms with Crippen molar-refractivity contribution < 1.29 is 8.42 Å². The van der Waals surface area contributed by atoms with E-state index in [1.807, 2.05) is 14.0 Å². The molecular weight excluding hydrogens is 296 g/mol. The number of nitrogens with zero attached hydrogens (tertiary/aromatic N) is 3. The first-order valence-electron chi connectivity index (χ1n) is 6.67. The monoisotopic (exact) mass is 318 g/mol. The lowest BCUT2D eigenvalue weighted by Crippen LogP contribution is -2.48.